The predicted octanol–water partition coefficient (Wildman–Crippen LogP) is 1.56. The molecule has 0 aliphatic heterocycles. The zero-order valence-electron chi connectivity index (χ0n) is 14.4. The van der Waals surface area contributed by atoms with E-state index in [0.717, 1.165) is 20.8 Å². The van der Waals surface area contributed by atoms with Crippen molar-refractivity contribution >= 4 is 5.91 Å². The van der Waals surface area contributed by atoms with Gasteiger partial charge in [-0.15, -0.1) is 0 Å². The van der Waals surface area contributed by atoms with Crippen molar-refractivity contribution in [3.8, 4) is 0 Å². The molecule has 1 amide bonds. The highest BCUT2D eigenvalue weighted by Gasteiger charge is 2.04. The van der Waals surface area contributed by atoms with Gasteiger partial charge in [0.2, 0.25) is 5.91 Å². The Hall–Kier alpha value is -0.530. The minimum absolute atomic E-state index is 0.0472. The Bertz CT molecular complexity index is 334. The van der Waals surface area contributed by atoms with E-state index in [0.29, 0.717) is 0 Å². The van der Waals surface area contributed by atoms with Gasteiger partial charge in [0, 0.05) is 21.2 Å². The number of hydrogen-bond acceptors (Lipinski definition) is 1. The monoisotopic (exact) mass is 151 g/mol. The Morgan fingerprint density at radius 2 is 2.60 bits per heavy atom. The summed E-state index contributed by atoms with van der Waals surface area (Å²) >= 11 is 0. The first-order valence-electron chi connectivity index (χ1n) is 6.85. The van der Waals surface area contributed by atoms with Crippen LogP contribution in [0.25, 0.3) is 0 Å². The maximum Gasteiger partial charge on any atom is 0.217 e. The maximum absolute atomic E-state index is 11.1. The first-order chi connectivity index (χ1) is 7.60. The van der Waals surface area contributed by atoms with Crippen LogP contribution in [-0.4, -0.2) is 11.9 Å². The van der Waals surface area contributed by atoms with Crippen molar-refractivity contribution in [1.29, 1.82) is 0 Å². The zero-order valence-corrected chi connectivity index (χ0v) is 6.36. The van der Waals surface area contributed by atoms with E-state index in [-0.39, 0.29) is 5.31 Å². The molecule has 0 rings (SSSR count). The van der Waals surface area contributed by atoms with Crippen LogP contribution < -0.4 is 5.31 Å². The van der Waals surface area contributed by atoms with Crippen LogP contribution in [0.15, 0.2) is 0 Å². The number of carbonyl (C=O) groups excluding carboxylic acids is 1. The summed E-state index contributed by atoms with van der Waals surface area (Å²) in [6, 6.07) is -2.50. The Kier molecular flexibility index (Phi) is 1.08. The minimum atomic E-state index is -2.99. The summed E-state index contributed by atoms with van der Waals surface area (Å²) in [4.78, 5) is 11.1. The van der Waals surface area contributed by atoms with E-state index in [4.69, 9.17) is 11.0 Å². The standard InChI is InChI=1S/C8H17NO/c1-6(2)5-7(3)9-8(4)10/h6-7H,5H2,1-4H3,(H,9,10)/i1D3,5D2,6D,7D/hD. The minimum Gasteiger partial charge on any atom is -0.354 e. The molecule has 0 aliphatic carbocycles. The number of rotatable bonds is 3. The Labute approximate surface area is 74.3 Å². The smallest absolute Gasteiger partial charge is 0.217 e. The quantitative estimate of drug-likeness (QED) is 0.651. The third-order valence-corrected chi connectivity index (χ3v) is 0.694. The lowest BCUT2D eigenvalue weighted by molar-refractivity contribution is -0.119. The highest BCUT2D eigenvalue weighted by atomic mass is 16.1. The van der Waals surface area contributed by atoms with Crippen molar-refractivity contribution in [2.75, 3.05) is 0 Å². The van der Waals surface area contributed by atoms with E-state index in [2.05, 4.69) is 0 Å². The molecule has 2 atom stereocenters. The SMILES string of the molecule is [2H]N(C(C)=O)C([2H])(C)C([2H])([2H])C([2H])(C)C([2H])([2H])[2H]. The highest BCUT2D eigenvalue weighted by Crippen LogP contribution is 2.02. The fraction of sp³-hybridized carbons (Fsp3) is 0.875. The third kappa shape index (κ3) is 5.60. The molecule has 0 aromatic carbocycles. The van der Waals surface area contributed by atoms with Crippen LogP contribution in [0.1, 0.15) is 43.6 Å². The van der Waals surface area contributed by atoms with Crippen molar-refractivity contribution < 1.29 is 15.8 Å². The summed E-state index contributed by atoms with van der Waals surface area (Å²) in [6.45, 7) is -0.288. The fourth-order valence-corrected chi connectivity index (χ4v) is 0.535. The summed E-state index contributed by atoms with van der Waals surface area (Å²) in [7, 11) is 0. The van der Waals surface area contributed by atoms with Crippen molar-refractivity contribution in [1.82, 2.24) is 5.31 Å². The van der Waals surface area contributed by atoms with Gasteiger partial charge in [0.25, 0.3) is 0 Å². The molecule has 0 saturated carbocycles. The van der Waals surface area contributed by atoms with E-state index >= 15 is 0 Å². The molecule has 60 valence electrons. The fourth-order valence-electron chi connectivity index (χ4n) is 0.535. The van der Waals surface area contributed by atoms with Gasteiger partial charge in [-0.2, -0.15) is 0 Å². The van der Waals surface area contributed by atoms with Crippen molar-refractivity contribution in [3.05, 3.63) is 0 Å². The predicted molar refractivity (Wildman–Crippen MR) is 42.7 cm³/mol. The van der Waals surface area contributed by atoms with Crippen molar-refractivity contribution in [2.24, 2.45) is 5.89 Å². The van der Waals surface area contributed by atoms with Crippen LogP contribution in [0.4, 0.5) is 0 Å². The lowest BCUT2D eigenvalue weighted by Gasteiger charge is -2.13. The van der Waals surface area contributed by atoms with Crippen LogP contribution in [0.2, 0.25) is 1.41 Å². The van der Waals surface area contributed by atoms with Crippen LogP contribution in [0, 0.1) is 5.89 Å². The Balaban J connectivity index is 5.71. The molecular weight excluding hydrogens is 126 g/mol. The van der Waals surface area contributed by atoms with Gasteiger partial charge in [0.15, 0.2) is 1.41 Å². The number of carbonyl (C=O) groups is 1. The van der Waals surface area contributed by atoms with Crippen molar-refractivity contribution in [2.45, 2.75) is 40.0 Å². The van der Waals surface area contributed by atoms with Crippen LogP contribution >= 0.6 is 0 Å². The molecule has 0 bridgehead atoms. The average molecular weight is 151 g/mol. The van der Waals surface area contributed by atoms with Crippen LogP contribution in [0.3, 0.4) is 0 Å². The second kappa shape index (κ2) is 4.31. The lowest BCUT2D eigenvalue weighted by Crippen LogP contribution is -2.31. The Morgan fingerprint density at radius 3 is 3.00 bits per heavy atom. The zero-order chi connectivity index (χ0) is 15.2. The number of amides is 1. The normalized spacial score (nSPS) is 36.7. The largest absolute Gasteiger partial charge is 0.354 e. The van der Waals surface area contributed by atoms with Gasteiger partial charge < -0.3 is 5.31 Å². The molecule has 0 aromatic rings. The molecule has 10 heavy (non-hydrogen) atoms. The third-order valence-electron chi connectivity index (χ3n) is 0.694. The molecule has 0 heterocycles. The summed E-state index contributed by atoms with van der Waals surface area (Å²) < 4.78 is 59.8. The number of nitrogens with one attached hydrogen (secondary N) is 1. The summed E-state index contributed by atoms with van der Waals surface area (Å²) in [5.74, 6) is -3.54. The summed E-state index contributed by atoms with van der Waals surface area (Å²) in [6.07, 6.45) is -2.93. The second-order valence-corrected chi connectivity index (χ2v) is 1.97. The Morgan fingerprint density at radius 1 is 2.00 bits per heavy atom. The summed E-state index contributed by atoms with van der Waals surface area (Å²) in [5.41, 5.74) is 0. The molecule has 2 heteroatoms. The first-order valence-corrected chi connectivity index (χ1v) is 2.90. The van der Waals surface area contributed by atoms with E-state index in [1.807, 2.05) is 0 Å². The highest BCUT2D eigenvalue weighted by molar-refractivity contribution is 5.73. The molecule has 0 fully saturated rings. The topological polar surface area (TPSA) is 29.1 Å². The molecule has 0 aliphatic rings. The molecule has 1 N–H and O–H groups in total. The summed E-state index contributed by atoms with van der Waals surface area (Å²) in [5, 5.41) is 0.0472. The second-order valence-electron chi connectivity index (χ2n) is 1.97. The van der Waals surface area contributed by atoms with Gasteiger partial charge in [0.1, 0.15) is 0 Å². The molecule has 0 spiro atoms. The number of hydrogen-bond donors (Lipinski definition) is 1. The van der Waals surface area contributed by atoms with Crippen molar-refractivity contribution in [3.63, 3.8) is 0 Å². The lowest BCUT2D eigenvalue weighted by atomic mass is 10.1. The average Bonchev–Trinajstić information content (AvgIpc) is 2.13. The van der Waals surface area contributed by atoms with E-state index in [1.54, 1.807) is 0 Å². The van der Waals surface area contributed by atoms with E-state index in [9.17, 15) is 4.79 Å². The van der Waals surface area contributed by atoms with Crippen LogP contribution in [-0.2, 0) is 4.79 Å². The van der Waals surface area contributed by atoms with Gasteiger partial charge in [0.05, 0.1) is 1.37 Å². The maximum atomic E-state index is 11.1. The molecule has 2 nitrogen and oxygen atoms in total. The molecule has 0 radical (unpaired) electrons. The van der Waals surface area contributed by atoms with Gasteiger partial charge in [-0.25, -0.2) is 0 Å². The van der Waals surface area contributed by atoms with Crippen LogP contribution in [0.5, 0.6) is 0 Å². The molecule has 0 saturated heterocycles. The van der Waals surface area contributed by atoms with Gasteiger partial charge >= 0.3 is 0 Å². The molecule has 0 aromatic heterocycles. The molecule has 2 unspecified atom stereocenters. The van der Waals surface area contributed by atoms with E-state index in [1.165, 1.54) is 0 Å². The van der Waals surface area contributed by atoms with Gasteiger partial charge in [-0.1, -0.05) is 13.8 Å². The van der Waals surface area contributed by atoms with E-state index < -0.39 is 31.0 Å². The van der Waals surface area contributed by atoms with Gasteiger partial charge in [-0.3, -0.25) is 4.79 Å². The first kappa shape index (κ1) is 2.50. The molecular formula is C8H17NO. The van der Waals surface area contributed by atoms with Gasteiger partial charge in [-0.05, 0) is 19.2 Å².